The smallest absolute Gasteiger partial charge is 0.0857 e. The molecule has 86 valence electrons. The molecule has 0 aromatic carbocycles. The summed E-state index contributed by atoms with van der Waals surface area (Å²) in [6.45, 7) is 4.24. The summed E-state index contributed by atoms with van der Waals surface area (Å²) in [5.74, 6) is 0. The third kappa shape index (κ3) is 2.21. The van der Waals surface area contributed by atoms with Gasteiger partial charge in [-0.15, -0.1) is 0 Å². The first-order valence-corrected chi connectivity index (χ1v) is 5.29. The SMILES string of the molecule is CCC(C)(OC)C(NC)c1ccnn1C. The van der Waals surface area contributed by atoms with Gasteiger partial charge in [0.15, 0.2) is 0 Å². The zero-order chi connectivity index (χ0) is 11.5. The molecule has 15 heavy (non-hydrogen) atoms. The lowest BCUT2D eigenvalue weighted by Crippen LogP contribution is -2.42. The minimum Gasteiger partial charge on any atom is -0.376 e. The van der Waals surface area contributed by atoms with Gasteiger partial charge >= 0.3 is 0 Å². The van der Waals surface area contributed by atoms with Crippen molar-refractivity contribution in [3.63, 3.8) is 0 Å². The Labute approximate surface area is 91.6 Å². The second-order valence-electron chi connectivity index (χ2n) is 3.97. The summed E-state index contributed by atoms with van der Waals surface area (Å²) < 4.78 is 7.50. The molecule has 0 amide bonds. The van der Waals surface area contributed by atoms with Gasteiger partial charge in [0, 0.05) is 20.4 Å². The quantitative estimate of drug-likeness (QED) is 0.802. The molecule has 4 nitrogen and oxygen atoms in total. The summed E-state index contributed by atoms with van der Waals surface area (Å²) in [5.41, 5.74) is 0.937. The number of aromatic nitrogens is 2. The number of hydrogen-bond donors (Lipinski definition) is 1. The lowest BCUT2D eigenvalue weighted by Gasteiger charge is -2.35. The Kier molecular flexibility index (Phi) is 3.88. The number of rotatable bonds is 5. The molecule has 1 heterocycles. The molecule has 2 unspecified atom stereocenters. The van der Waals surface area contributed by atoms with E-state index in [1.54, 1.807) is 7.11 Å². The van der Waals surface area contributed by atoms with Crippen LogP contribution >= 0.6 is 0 Å². The van der Waals surface area contributed by atoms with Crippen molar-refractivity contribution in [3.05, 3.63) is 18.0 Å². The molecule has 0 fully saturated rings. The maximum atomic E-state index is 5.62. The molecule has 0 aliphatic carbocycles. The maximum Gasteiger partial charge on any atom is 0.0857 e. The maximum absolute atomic E-state index is 5.62. The summed E-state index contributed by atoms with van der Waals surface area (Å²) in [7, 11) is 5.65. The van der Waals surface area contributed by atoms with Gasteiger partial charge in [-0.25, -0.2) is 0 Å². The third-order valence-electron chi connectivity index (χ3n) is 3.22. The second kappa shape index (κ2) is 4.77. The minimum atomic E-state index is -0.206. The topological polar surface area (TPSA) is 39.1 Å². The fraction of sp³-hybridized carbons (Fsp3) is 0.727. The number of likely N-dealkylation sites (N-methyl/N-ethyl adjacent to an activating group) is 1. The Morgan fingerprint density at radius 2 is 2.33 bits per heavy atom. The van der Waals surface area contributed by atoms with Crippen molar-refractivity contribution in [1.29, 1.82) is 0 Å². The monoisotopic (exact) mass is 211 g/mol. The number of methoxy groups -OCH3 is 1. The highest BCUT2D eigenvalue weighted by Gasteiger charge is 2.34. The van der Waals surface area contributed by atoms with Crippen LogP contribution in [0.2, 0.25) is 0 Å². The average Bonchev–Trinajstić information content (AvgIpc) is 2.66. The predicted molar refractivity (Wildman–Crippen MR) is 60.7 cm³/mol. The molecule has 1 aromatic heterocycles. The van der Waals surface area contributed by atoms with Gasteiger partial charge < -0.3 is 10.1 Å². The van der Waals surface area contributed by atoms with Gasteiger partial charge in [0.25, 0.3) is 0 Å². The summed E-state index contributed by atoms with van der Waals surface area (Å²) in [6, 6.07) is 2.17. The van der Waals surface area contributed by atoms with Gasteiger partial charge in [-0.05, 0) is 26.5 Å². The van der Waals surface area contributed by atoms with E-state index in [0.29, 0.717) is 0 Å². The second-order valence-corrected chi connectivity index (χ2v) is 3.97. The molecule has 0 spiro atoms. The summed E-state index contributed by atoms with van der Waals surface area (Å²) in [4.78, 5) is 0. The van der Waals surface area contributed by atoms with E-state index in [4.69, 9.17) is 4.74 Å². The summed E-state index contributed by atoms with van der Waals surface area (Å²) in [6.07, 6.45) is 2.76. The van der Waals surface area contributed by atoms with Crippen LogP contribution in [0, 0.1) is 0 Å². The van der Waals surface area contributed by atoms with Gasteiger partial charge in [-0.1, -0.05) is 6.92 Å². The van der Waals surface area contributed by atoms with Crippen LogP contribution in [0.1, 0.15) is 32.0 Å². The van der Waals surface area contributed by atoms with Crippen LogP contribution in [0.25, 0.3) is 0 Å². The number of ether oxygens (including phenoxy) is 1. The predicted octanol–water partition coefficient (Wildman–Crippen LogP) is 1.50. The average molecular weight is 211 g/mol. The van der Waals surface area contributed by atoms with Gasteiger partial charge in [0.05, 0.1) is 17.3 Å². The van der Waals surface area contributed by atoms with Crippen molar-refractivity contribution >= 4 is 0 Å². The minimum absolute atomic E-state index is 0.153. The van der Waals surface area contributed by atoms with Crippen LogP contribution in [0.4, 0.5) is 0 Å². The normalized spacial score (nSPS) is 17.4. The highest BCUT2D eigenvalue weighted by atomic mass is 16.5. The van der Waals surface area contributed by atoms with E-state index in [9.17, 15) is 0 Å². The van der Waals surface area contributed by atoms with Crippen LogP contribution in [-0.2, 0) is 11.8 Å². The van der Waals surface area contributed by atoms with E-state index in [1.807, 2.05) is 31.0 Å². The molecular weight excluding hydrogens is 190 g/mol. The van der Waals surface area contributed by atoms with Crippen LogP contribution in [0.3, 0.4) is 0 Å². The van der Waals surface area contributed by atoms with E-state index in [0.717, 1.165) is 12.1 Å². The largest absolute Gasteiger partial charge is 0.376 e. The van der Waals surface area contributed by atoms with Crippen molar-refractivity contribution < 1.29 is 4.74 Å². The van der Waals surface area contributed by atoms with Crippen LogP contribution in [0.5, 0.6) is 0 Å². The zero-order valence-corrected chi connectivity index (χ0v) is 10.2. The highest BCUT2D eigenvalue weighted by molar-refractivity contribution is 5.12. The molecule has 2 atom stereocenters. The molecule has 0 aliphatic heterocycles. The van der Waals surface area contributed by atoms with Gasteiger partial charge in [0.1, 0.15) is 0 Å². The van der Waals surface area contributed by atoms with Gasteiger partial charge in [0.2, 0.25) is 0 Å². The van der Waals surface area contributed by atoms with E-state index < -0.39 is 0 Å². The Morgan fingerprint density at radius 1 is 1.67 bits per heavy atom. The molecule has 0 bridgehead atoms. The Hall–Kier alpha value is -0.870. The number of nitrogens with one attached hydrogen (secondary N) is 1. The van der Waals surface area contributed by atoms with Gasteiger partial charge in [-0.3, -0.25) is 4.68 Å². The van der Waals surface area contributed by atoms with Crippen LogP contribution in [-0.4, -0.2) is 29.5 Å². The molecule has 0 aliphatic rings. The molecular formula is C11H21N3O. The standard InChI is InChI=1S/C11H21N3O/c1-6-11(2,15-5)10(12-3)9-7-8-13-14(9)4/h7-8,10,12H,6H2,1-5H3. The zero-order valence-electron chi connectivity index (χ0n) is 10.2. The van der Waals surface area contributed by atoms with Crippen LogP contribution < -0.4 is 5.32 Å². The Morgan fingerprint density at radius 3 is 2.67 bits per heavy atom. The van der Waals surface area contributed by atoms with E-state index >= 15 is 0 Å². The third-order valence-corrected chi connectivity index (χ3v) is 3.22. The van der Waals surface area contributed by atoms with E-state index in [1.165, 1.54) is 0 Å². The van der Waals surface area contributed by atoms with Crippen molar-refractivity contribution in [2.75, 3.05) is 14.2 Å². The first kappa shape index (κ1) is 12.2. The molecule has 4 heteroatoms. The Balaban J connectivity index is 3.03. The lowest BCUT2D eigenvalue weighted by molar-refractivity contribution is -0.0300. The molecule has 0 saturated carbocycles. The molecule has 0 saturated heterocycles. The molecule has 1 aromatic rings. The summed E-state index contributed by atoms with van der Waals surface area (Å²) in [5, 5.41) is 7.49. The van der Waals surface area contributed by atoms with Crippen molar-refractivity contribution in [1.82, 2.24) is 15.1 Å². The van der Waals surface area contributed by atoms with E-state index in [2.05, 4.69) is 24.3 Å². The number of hydrogen-bond acceptors (Lipinski definition) is 3. The molecule has 1 N–H and O–H groups in total. The summed E-state index contributed by atoms with van der Waals surface area (Å²) >= 11 is 0. The van der Waals surface area contributed by atoms with E-state index in [-0.39, 0.29) is 11.6 Å². The first-order chi connectivity index (χ1) is 7.09. The van der Waals surface area contributed by atoms with Crippen molar-refractivity contribution in [2.24, 2.45) is 7.05 Å². The number of nitrogens with zero attached hydrogens (tertiary/aromatic N) is 2. The van der Waals surface area contributed by atoms with Crippen molar-refractivity contribution in [3.8, 4) is 0 Å². The fourth-order valence-corrected chi connectivity index (χ4v) is 1.90. The molecule has 0 radical (unpaired) electrons. The van der Waals surface area contributed by atoms with Gasteiger partial charge in [-0.2, -0.15) is 5.10 Å². The first-order valence-electron chi connectivity index (χ1n) is 5.29. The number of aryl methyl sites for hydroxylation is 1. The fourth-order valence-electron chi connectivity index (χ4n) is 1.90. The lowest BCUT2D eigenvalue weighted by atomic mass is 9.90. The highest BCUT2D eigenvalue weighted by Crippen LogP contribution is 2.30. The van der Waals surface area contributed by atoms with Crippen molar-refractivity contribution in [2.45, 2.75) is 31.9 Å². The Bertz CT molecular complexity index is 305. The molecule has 1 rings (SSSR count). The van der Waals surface area contributed by atoms with Crippen LogP contribution in [0.15, 0.2) is 12.3 Å².